The van der Waals surface area contributed by atoms with Crippen LogP contribution < -0.4 is 4.74 Å². The minimum atomic E-state index is -0.153. The van der Waals surface area contributed by atoms with E-state index in [9.17, 15) is 0 Å². The van der Waals surface area contributed by atoms with Gasteiger partial charge in [-0.1, -0.05) is 70.5 Å². The molecule has 0 N–H and O–H groups in total. The molecule has 4 aromatic carbocycles. The molecule has 0 saturated heterocycles. The molecule has 0 bridgehead atoms. The molecule has 0 fully saturated rings. The minimum Gasteiger partial charge on any atom is -0.457 e. The third-order valence-corrected chi connectivity index (χ3v) is 9.44. The van der Waals surface area contributed by atoms with Crippen LogP contribution in [-0.4, -0.2) is 19.3 Å². The van der Waals surface area contributed by atoms with E-state index in [-0.39, 0.29) is 5.41 Å². The van der Waals surface area contributed by atoms with E-state index in [0.717, 1.165) is 52.6 Å². The highest BCUT2D eigenvalue weighted by atomic mass is 16.5. The van der Waals surface area contributed by atoms with Gasteiger partial charge < -0.3 is 4.74 Å². The van der Waals surface area contributed by atoms with E-state index in [1.165, 1.54) is 49.8 Å². The van der Waals surface area contributed by atoms with Crippen LogP contribution in [0.15, 0.2) is 97.2 Å². The Balaban J connectivity index is 1.34. The molecule has 0 aliphatic rings. The number of benzene rings is 4. The van der Waals surface area contributed by atoms with Gasteiger partial charge in [-0.25, -0.2) is 9.67 Å². The summed E-state index contributed by atoms with van der Waals surface area (Å²) in [5, 5.41) is 7.67. The lowest BCUT2D eigenvalue weighted by molar-refractivity contribution is 0.482. The fourth-order valence-electron chi connectivity index (χ4n) is 6.96. The van der Waals surface area contributed by atoms with Crippen molar-refractivity contribution in [2.24, 2.45) is 0 Å². The van der Waals surface area contributed by atoms with E-state index in [1.807, 2.05) is 18.3 Å². The largest absolute Gasteiger partial charge is 0.457 e. The van der Waals surface area contributed by atoms with E-state index in [2.05, 4.69) is 144 Å². The van der Waals surface area contributed by atoms with E-state index >= 15 is 0 Å². The Morgan fingerprint density at radius 1 is 0.729 bits per heavy atom. The van der Waals surface area contributed by atoms with Gasteiger partial charge in [0.15, 0.2) is 0 Å². The molecule has 48 heavy (non-hydrogen) atoms. The van der Waals surface area contributed by atoms with Gasteiger partial charge in [0, 0.05) is 40.1 Å². The van der Waals surface area contributed by atoms with Crippen LogP contribution in [0.1, 0.15) is 67.8 Å². The quantitative estimate of drug-likeness (QED) is 0.176. The van der Waals surface area contributed by atoms with E-state index in [0.29, 0.717) is 0 Å². The van der Waals surface area contributed by atoms with Gasteiger partial charge in [-0.3, -0.25) is 4.57 Å². The van der Waals surface area contributed by atoms with Gasteiger partial charge in [0.2, 0.25) is 0 Å². The van der Waals surface area contributed by atoms with Crippen LogP contribution in [0.25, 0.3) is 44.4 Å². The Bertz CT molecular complexity index is 2290. The number of hydrogen-bond donors (Lipinski definition) is 0. The number of aryl methyl sites for hydroxylation is 4. The maximum atomic E-state index is 6.62. The molecule has 0 saturated carbocycles. The van der Waals surface area contributed by atoms with Crippen molar-refractivity contribution in [3.8, 4) is 34.1 Å². The number of fused-ring (bicyclic) bond motifs is 3. The van der Waals surface area contributed by atoms with Gasteiger partial charge in [0.05, 0.1) is 28.1 Å². The molecule has 0 spiro atoms. The average Bonchev–Trinajstić information content (AvgIpc) is 3.60. The van der Waals surface area contributed by atoms with E-state index in [4.69, 9.17) is 14.8 Å². The zero-order valence-electron chi connectivity index (χ0n) is 29.3. The second-order valence-corrected chi connectivity index (χ2v) is 14.1. The highest BCUT2D eigenvalue weighted by Gasteiger charge is 2.29. The van der Waals surface area contributed by atoms with Crippen LogP contribution >= 0.6 is 0 Å². The molecular weight excluding hydrogens is 589 g/mol. The summed E-state index contributed by atoms with van der Waals surface area (Å²) in [6.07, 6.45) is 3.81. The Morgan fingerprint density at radius 3 is 2.19 bits per heavy atom. The Hall–Kier alpha value is -5.16. The molecule has 0 aliphatic carbocycles. The smallest absolute Gasteiger partial charge is 0.137 e. The molecule has 3 heterocycles. The summed E-state index contributed by atoms with van der Waals surface area (Å²) < 4.78 is 11.0. The zero-order chi connectivity index (χ0) is 33.7. The number of aromatic nitrogens is 4. The molecule has 0 radical (unpaired) electrons. The summed E-state index contributed by atoms with van der Waals surface area (Å²) in [5.41, 5.74) is 13.0. The first-order valence-electron chi connectivity index (χ1n) is 17.0. The highest BCUT2D eigenvalue weighted by Crippen LogP contribution is 2.40. The first-order chi connectivity index (χ1) is 23.0. The molecule has 0 unspecified atom stereocenters. The van der Waals surface area contributed by atoms with Crippen molar-refractivity contribution in [2.75, 3.05) is 0 Å². The second-order valence-electron chi connectivity index (χ2n) is 14.1. The molecular formula is C43H44N4O. The van der Waals surface area contributed by atoms with Gasteiger partial charge in [0.25, 0.3) is 0 Å². The average molecular weight is 633 g/mol. The molecule has 5 nitrogen and oxygen atoms in total. The molecule has 3 aromatic heterocycles. The van der Waals surface area contributed by atoms with Gasteiger partial charge in [-0.2, -0.15) is 5.10 Å². The van der Waals surface area contributed by atoms with Crippen molar-refractivity contribution >= 4 is 21.8 Å². The van der Waals surface area contributed by atoms with Crippen LogP contribution in [0, 0.1) is 27.7 Å². The number of rotatable bonds is 7. The molecule has 7 rings (SSSR count). The van der Waals surface area contributed by atoms with Crippen molar-refractivity contribution in [1.29, 1.82) is 0 Å². The number of para-hydroxylation sites is 1. The SMILES string of the molecule is CCCc1nn(-c2cccc(Oc3ccc4c5ccccc5n(-c5cc(C)ccn5)c4c3)c2)c(C(C)(C)C)c1-c1cc(C)c(C)c(C)c1. The highest BCUT2D eigenvalue weighted by molar-refractivity contribution is 6.09. The van der Waals surface area contributed by atoms with Crippen LogP contribution in [0.4, 0.5) is 0 Å². The molecule has 0 amide bonds. The standard InChI is InChI=1S/C43H44N4O/c1-9-13-37-41(31-23-28(3)30(5)29(4)24-31)42(43(6,7)8)47(45-37)32-14-12-15-33(25-32)48-34-18-19-36-35-16-10-11-17-38(35)46(39(36)26-34)40-22-27(2)20-21-44-40/h10-12,14-26H,9,13H2,1-8H3. The third kappa shape index (κ3) is 5.57. The van der Waals surface area contributed by atoms with Crippen LogP contribution in [0.3, 0.4) is 0 Å². The Kier molecular flexibility index (Phi) is 7.95. The van der Waals surface area contributed by atoms with Crippen molar-refractivity contribution in [3.05, 3.63) is 131 Å². The van der Waals surface area contributed by atoms with E-state index in [1.54, 1.807) is 0 Å². The summed E-state index contributed by atoms with van der Waals surface area (Å²) in [6.45, 7) is 17.8. The van der Waals surface area contributed by atoms with E-state index < -0.39 is 0 Å². The van der Waals surface area contributed by atoms with Gasteiger partial charge in [0.1, 0.15) is 17.3 Å². The van der Waals surface area contributed by atoms with Crippen LogP contribution in [0.5, 0.6) is 11.5 Å². The summed E-state index contributed by atoms with van der Waals surface area (Å²) >= 11 is 0. The zero-order valence-corrected chi connectivity index (χ0v) is 29.3. The maximum absolute atomic E-state index is 6.62. The molecule has 7 aromatic rings. The number of ether oxygens (including phenoxy) is 1. The summed E-state index contributed by atoms with van der Waals surface area (Å²) in [6, 6.07) is 32.0. The van der Waals surface area contributed by atoms with Gasteiger partial charge in [-0.05, 0) is 104 Å². The second kappa shape index (κ2) is 12.1. The van der Waals surface area contributed by atoms with Gasteiger partial charge >= 0.3 is 0 Å². The molecule has 5 heteroatoms. The summed E-state index contributed by atoms with van der Waals surface area (Å²) in [7, 11) is 0. The lowest BCUT2D eigenvalue weighted by atomic mass is 9.84. The predicted octanol–water partition coefficient (Wildman–Crippen LogP) is 11.3. The summed E-state index contributed by atoms with van der Waals surface area (Å²) in [4.78, 5) is 4.74. The van der Waals surface area contributed by atoms with Crippen molar-refractivity contribution in [3.63, 3.8) is 0 Å². The lowest BCUT2D eigenvalue weighted by Crippen LogP contribution is -2.18. The van der Waals surface area contributed by atoms with Crippen molar-refractivity contribution in [2.45, 2.75) is 73.6 Å². The molecule has 242 valence electrons. The lowest BCUT2D eigenvalue weighted by Gasteiger charge is -2.24. The monoisotopic (exact) mass is 632 g/mol. The van der Waals surface area contributed by atoms with Crippen molar-refractivity contribution < 1.29 is 4.74 Å². The van der Waals surface area contributed by atoms with Gasteiger partial charge in [-0.15, -0.1) is 0 Å². The first-order valence-corrected chi connectivity index (χ1v) is 17.0. The fourth-order valence-corrected chi connectivity index (χ4v) is 6.96. The number of pyridine rings is 1. The van der Waals surface area contributed by atoms with Crippen molar-refractivity contribution in [1.82, 2.24) is 19.3 Å². The first kappa shape index (κ1) is 31.4. The molecule has 0 aliphatic heterocycles. The Labute approximate surface area is 283 Å². The third-order valence-electron chi connectivity index (χ3n) is 9.44. The van der Waals surface area contributed by atoms with Crippen LogP contribution in [0.2, 0.25) is 0 Å². The normalized spacial score (nSPS) is 11.9. The topological polar surface area (TPSA) is 44.9 Å². The predicted molar refractivity (Wildman–Crippen MR) is 199 cm³/mol. The summed E-state index contributed by atoms with van der Waals surface area (Å²) in [5.74, 6) is 2.43. The maximum Gasteiger partial charge on any atom is 0.137 e. The fraction of sp³-hybridized carbons (Fsp3) is 0.256. The molecule has 0 atom stereocenters. The number of hydrogen-bond acceptors (Lipinski definition) is 3. The number of nitrogens with zero attached hydrogens (tertiary/aromatic N) is 4. The Morgan fingerprint density at radius 2 is 1.46 bits per heavy atom. The van der Waals surface area contributed by atoms with Crippen LogP contribution in [-0.2, 0) is 11.8 Å². The minimum absolute atomic E-state index is 0.153.